The van der Waals surface area contributed by atoms with Gasteiger partial charge in [0.25, 0.3) is 0 Å². The quantitative estimate of drug-likeness (QED) is 0.376. The van der Waals surface area contributed by atoms with E-state index in [1.807, 2.05) is 12.1 Å². The maximum Gasteiger partial charge on any atom is 0.375 e. The lowest BCUT2D eigenvalue weighted by molar-refractivity contribution is -0.135. The molecule has 0 spiro atoms. The fourth-order valence-electron chi connectivity index (χ4n) is 2.03. The van der Waals surface area contributed by atoms with Crippen LogP contribution in [0.15, 0.2) is 29.3 Å². The molecule has 0 saturated carbocycles. The van der Waals surface area contributed by atoms with Gasteiger partial charge in [-0.25, -0.2) is 4.79 Å². The van der Waals surface area contributed by atoms with Crippen molar-refractivity contribution in [1.29, 1.82) is 0 Å². The normalized spacial score (nSPS) is 18.1. The number of para-hydroxylation sites is 1. The molecule has 1 atom stereocenters. The zero-order valence-electron chi connectivity index (χ0n) is 12.5. The van der Waals surface area contributed by atoms with Crippen LogP contribution in [0.25, 0.3) is 0 Å². The van der Waals surface area contributed by atoms with Crippen molar-refractivity contribution in [3.63, 3.8) is 0 Å². The van der Waals surface area contributed by atoms with Crippen LogP contribution >= 0.6 is 11.6 Å². The summed E-state index contributed by atoms with van der Waals surface area (Å²) in [6.07, 6.45) is 2.05. The minimum Gasteiger partial charge on any atom is -0.460 e. The van der Waals surface area contributed by atoms with Crippen molar-refractivity contribution in [3.05, 3.63) is 29.3 Å². The summed E-state index contributed by atoms with van der Waals surface area (Å²) in [6.45, 7) is 3.20. The van der Waals surface area contributed by atoms with Crippen molar-refractivity contribution in [2.24, 2.45) is 4.99 Å². The molecule has 0 unspecified atom stereocenters. The predicted octanol–water partition coefficient (Wildman–Crippen LogP) is 2.40. The Morgan fingerprint density at radius 1 is 1.50 bits per heavy atom. The molecule has 7 heteroatoms. The van der Waals surface area contributed by atoms with Gasteiger partial charge in [0.2, 0.25) is 5.84 Å². The van der Waals surface area contributed by atoms with Crippen LogP contribution in [0.4, 0.5) is 5.69 Å². The SMILES string of the molecule is CCOC(=O)C(=NC[C@H]1CCCO1)NNc1ccccc1Cl. The van der Waals surface area contributed by atoms with E-state index in [9.17, 15) is 4.79 Å². The predicted molar refractivity (Wildman–Crippen MR) is 86.1 cm³/mol. The molecule has 0 aromatic heterocycles. The van der Waals surface area contributed by atoms with Crippen LogP contribution in [-0.2, 0) is 14.3 Å². The first-order valence-corrected chi connectivity index (χ1v) is 7.68. The second-order valence-electron chi connectivity index (χ2n) is 4.77. The van der Waals surface area contributed by atoms with Crippen molar-refractivity contribution in [3.8, 4) is 0 Å². The number of carbonyl (C=O) groups is 1. The van der Waals surface area contributed by atoms with Gasteiger partial charge in [-0.2, -0.15) is 0 Å². The standard InChI is InChI=1S/C15H20ClN3O3/c1-2-21-15(20)14(17-10-11-6-5-9-22-11)19-18-13-8-4-3-7-12(13)16/h3-4,7-8,11,18H,2,5-6,9-10H2,1H3,(H,17,19)/t11-/m1/s1. The van der Waals surface area contributed by atoms with Crippen LogP contribution < -0.4 is 10.9 Å². The molecule has 0 aliphatic carbocycles. The molecule has 1 heterocycles. The molecule has 0 amide bonds. The summed E-state index contributed by atoms with van der Waals surface area (Å²) in [6, 6.07) is 7.20. The molecular formula is C15H20ClN3O3. The third-order valence-corrected chi connectivity index (χ3v) is 3.46. The van der Waals surface area contributed by atoms with Gasteiger partial charge in [-0.3, -0.25) is 15.8 Å². The third kappa shape index (κ3) is 4.89. The molecule has 6 nitrogen and oxygen atoms in total. The van der Waals surface area contributed by atoms with Gasteiger partial charge >= 0.3 is 5.97 Å². The second-order valence-corrected chi connectivity index (χ2v) is 5.18. The number of benzene rings is 1. The minimum absolute atomic E-state index is 0.0616. The van der Waals surface area contributed by atoms with Gasteiger partial charge in [0.05, 0.1) is 30.0 Å². The smallest absolute Gasteiger partial charge is 0.375 e. The highest BCUT2D eigenvalue weighted by atomic mass is 35.5. The van der Waals surface area contributed by atoms with Crippen LogP contribution in [-0.4, -0.2) is 37.7 Å². The number of rotatable bonds is 5. The first kappa shape index (κ1) is 16.6. The molecule has 1 aliphatic rings. The van der Waals surface area contributed by atoms with Gasteiger partial charge in [-0.15, -0.1) is 0 Å². The Labute approximate surface area is 134 Å². The Morgan fingerprint density at radius 2 is 2.32 bits per heavy atom. The Balaban J connectivity index is 1.98. The number of halogens is 1. The summed E-state index contributed by atoms with van der Waals surface area (Å²) in [5, 5.41) is 0.539. The molecule has 2 N–H and O–H groups in total. The molecule has 0 bridgehead atoms. The van der Waals surface area contributed by atoms with Crippen molar-refractivity contribution in [2.75, 3.05) is 25.2 Å². The summed E-state index contributed by atoms with van der Waals surface area (Å²) in [4.78, 5) is 16.2. The van der Waals surface area contributed by atoms with E-state index in [-0.39, 0.29) is 18.5 Å². The second kappa shape index (κ2) is 8.60. The first-order valence-electron chi connectivity index (χ1n) is 7.30. The van der Waals surface area contributed by atoms with Crippen molar-refractivity contribution in [2.45, 2.75) is 25.9 Å². The highest BCUT2D eigenvalue weighted by molar-refractivity contribution is 6.36. The fourth-order valence-corrected chi connectivity index (χ4v) is 2.21. The lowest BCUT2D eigenvalue weighted by Crippen LogP contribution is -2.37. The van der Waals surface area contributed by atoms with E-state index in [1.54, 1.807) is 19.1 Å². The number of nitrogens with one attached hydrogen (secondary N) is 2. The summed E-state index contributed by atoms with van der Waals surface area (Å²) >= 11 is 6.05. The van der Waals surface area contributed by atoms with E-state index in [2.05, 4.69) is 15.8 Å². The average molecular weight is 326 g/mol. The van der Waals surface area contributed by atoms with Gasteiger partial charge in [-0.1, -0.05) is 23.7 Å². The van der Waals surface area contributed by atoms with Gasteiger partial charge in [0.1, 0.15) is 0 Å². The molecule has 1 aliphatic heterocycles. The summed E-state index contributed by atoms with van der Waals surface area (Å²) in [5.41, 5.74) is 6.30. The van der Waals surface area contributed by atoms with Crippen molar-refractivity contribution >= 4 is 29.1 Å². The highest BCUT2D eigenvalue weighted by Crippen LogP contribution is 2.19. The molecule has 0 radical (unpaired) electrons. The van der Waals surface area contributed by atoms with Gasteiger partial charge in [0, 0.05) is 6.61 Å². The number of hydrogen-bond donors (Lipinski definition) is 2. The maximum atomic E-state index is 11.9. The number of hydrazine groups is 1. The molecule has 2 rings (SSSR count). The number of anilines is 1. The van der Waals surface area contributed by atoms with E-state index in [0.717, 1.165) is 19.4 Å². The van der Waals surface area contributed by atoms with E-state index < -0.39 is 5.97 Å². The largest absolute Gasteiger partial charge is 0.460 e. The Morgan fingerprint density at radius 3 is 3.00 bits per heavy atom. The molecule has 1 aromatic rings. The number of carbonyl (C=O) groups excluding carboxylic acids is 1. The minimum atomic E-state index is -0.514. The third-order valence-electron chi connectivity index (χ3n) is 3.14. The Hall–Kier alpha value is -1.79. The summed E-state index contributed by atoms with van der Waals surface area (Å²) in [5.74, 6) is -0.405. The number of ether oxygens (including phenoxy) is 2. The van der Waals surface area contributed by atoms with E-state index in [1.165, 1.54) is 0 Å². The van der Waals surface area contributed by atoms with Crippen LogP contribution in [0.5, 0.6) is 0 Å². The van der Waals surface area contributed by atoms with Crippen LogP contribution in [0.2, 0.25) is 5.02 Å². The van der Waals surface area contributed by atoms with E-state index >= 15 is 0 Å². The monoisotopic (exact) mass is 325 g/mol. The maximum absolute atomic E-state index is 11.9. The highest BCUT2D eigenvalue weighted by Gasteiger charge is 2.18. The Kier molecular flexibility index (Phi) is 6.48. The van der Waals surface area contributed by atoms with Crippen molar-refractivity contribution < 1.29 is 14.3 Å². The zero-order chi connectivity index (χ0) is 15.8. The number of aliphatic imine (C=N–C) groups is 1. The Bertz CT molecular complexity index is 531. The van der Waals surface area contributed by atoms with Gasteiger partial charge in [0.15, 0.2) is 0 Å². The molecule has 1 fully saturated rings. The zero-order valence-corrected chi connectivity index (χ0v) is 13.2. The molecular weight excluding hydrogens is 306 g/mol. The molecule has 120 valence electrons. The lowest BCUT2D eigenvalue weighted by atomic mass is 10.2. The topological polar surface area (TPSA) is 72.0 Å². The van der Waals surface area contributed by atoms with Gasteiger partial charge in [-0.05, 0) is 31.9 Å². The number of nitrogens with zero attached hydrogens (tertiary/aromatic N) is 1. The first-order chi connectivity index (χ1) is 10.7. The van der Waals surface area contributed by atoms with E-state index in [0.29, 0.717) is 17.3 Å². The average Bonchev–Trinajstić information content (AvgIpc) is 3.02. The number of hydrogen-bond acceptors (Lipinski definition) is 5. The number of esters is 1. The molecule has 22 heavy (non-hydrogen) atoms. The van der Waals surface area contributed by atoms with Crippen LogP contribution in [0, 0.1) is 0 Å². The lowest BCUT2D eigenvalue weighted by Gasteiger charge is -2.13. The number of amidine groups is 1. The van der Waals surface area contributed by atoms with Gasteiger partial charge < -0.3 is 9.47 Å². The molecule has 1 saturated heterocycles. The summed E-state index contributed by atoms with van der Waals surface area (Å²) in [7, 11) is 0. The summed E-state index contributed by atoms with van der Waals surface area (Å²) < 4.78 is 10.5. The van der Waals surface area contributed by atoms with Crippen molar-refractivity contribution in [1.82, 2.24) is 5.43 Å². The van der Waals surface area contributed by atoms with E-state index in [4.69, 9.17) is 21.1 Å². The molecule has 1 aromatic carbocycles. The van der Waals surface area contributed by atoms with Crippen LogP contribution in [0.3, 0.4) is 0 Å². The fraction of sp³-hybridized carbons (Fsp3) is 0.467. The van der Waals surface area contributed by atoms with Crippen LogP contribution in [0.1, 0.15) is 19.8 Å².